The van der Waals surface area contributed by atoms with Gasteiger partial charge in [-0.05, 0) is 51.8 Å². The van der Waals surface area contributed by atoms with E-state index in [2.05, 4.69) is 47.9 Å². The molecule has 4 heteroatoms. The number of allylic oxidation sites excluding steroid dienone is 3. The fraction of sp³-hybridized carbons (Fsp3) is 0.286. The lowest BCUT2D eigenvalue weighted by Gasteiger charge is -2.01. The summed E-state index contributed by atoms with van der Waals surface area (Å²) in [4.78, 5) is 11.1. The van der Waals surface area contributed by atoms with Crippen LogP contribution in [0.5, 0.6) is 5.75 Å². The van der Waals surface area contributed by atoms with Gasteiger partial charge in [-0.25, -0.2) is 4.98 Å². The van der Waals surface area contributed by atoms with Gasteiger partial charge in [0.2, 0.25) is 0 Å². The Morgan fingerprint density at radius 3 is 2.80 bits per heavy atom. The predicted molar refractivity (Wildman–Crippen MR) is 104 cm³/mol. The number of benzene rings is 1. The lowest BCUT2D eigenvalue weighted by atomic mass is 10.1. The highest BCUT2D eigenvalue weighted by Gasteiger charge is 2.07. The van der Waals surface area contributed by atoms with E-state index in [0.29, 0.717) is 6.61 Å². The van der Waals surface area contributed by atoms with Gasteiger partial charge in [0.05, 0.1) is 16.7 Å². The Labute approximate surface area is 148 Å². The lowest BCUT2D eigenvalue weighted by Crippen LogP contribution is -1.93. The van der Waals surface area contributed by atoms with Gasteiger partial charge in [0, 0.05) is 12.3 Å². The summed E-state index contributed by atoms with van der Waals surface area (Å²) < 4.78 is 5.82. The number of imidazole rings is 1. The van der Waals surface area contributed by atoms with Gasteiger partial charge in [0.1, 0.15) is 12.4 Å². The van der Waals surface area contributed by atoms with Crippen LogP contribution in [-0.4, -0.2) is 21.6 Å². The van der Waals surface area contributed by atoms with Crippen molar-refractivity contribution in [3.05, 3.63) is 59.8 Å². The quantitative estimate of drug-likeness (QED) is 0.550. The van der Waals surface area contributed by atoms with Crippen molar-refractivity contribution in [2.75, 3.05) is 6.61 Å². The Bertz CT molecular complexity index is 862. The van der Waals surface area contributed by atoms with E-state index >= 15 is 0 Å². The van der Waals surface area contributed by atoms with Gasteiger partial charge >= 0.3 is 0 Å². The fourth-order valence-electron chi connectivity index (χ4n) is 2.65. The van der Waals surface area contributed by atoms with Crippen LogP contribution in [0.1, 0.15) is 33.6 Å². The molecule has 0 amide bonds. The van der Waals surface area contributed by atoms with Crippen molar-refractivity contribution in [3.63, 3.8) is 0 Å². The van der Waals surface area contributed by atoms with Gasteiger partial charge in [-0.1, -0.05) is 29.4 Å². The Morgan fingerprint density at radius 2 is 2.00 bits per heavy atom. The van der Waals surface area contributed by atoms with E-state index in [9.17, 15) is 0 Å². The lowest BCUT2D eigenvalue weighted by molar-refractivity contribution is 0.362. The van der Waals surface area contributed by atoms with E-state index in [1.54, 1.807) is 0 Å². The second-order valence-electron chi connectivity index (χ2n) is 6.53. The molecular formula is C21H25N3O. The normalized spacial score (nSPS) is 11.7. The number of para-hydroxylation sites is 2. The van der Waals surface area contributed by atoms with Crippen molar-refractivity contribution in [2.24, 2.45) is 0 Å². The predicted octanol–water partition coefficient (Wildman–Crippen LogP) is 5.63. The molecule has 25 heavy (non-hydrogen) atoms. The molecule has 0 unspecified atom stereocenters. The average Bonchev–Trinajstić information content (AvgIpc) is 3.20. The molecule has 0 saturated carbocycles. The summed E-state index contributed by atoms with van der Waals surface area (Å²) in [6.07, 6.45) is 8.45. The maximum absolute atomic E-state index is 5.82. The Balaban J connectivity index is 1.57. The Hall–Kier alpha value is -2.75. The first-order valence-electron chi connectivity index (χ1n) is 8.67. The number of rotatable bonds is 7. The second kappa shape index (κ2) is 7.88. The van der Waals surface area contributed by atoms with Crippen LogP contribution in [0.2, 0.25) is 0 Å². The van der Waals surface area contributed by atoms with Gasteiger partial charge in [0.15, 0.2) is 5.82 Å². The SMILES string of the molecule is CC(C)=CCC/C(C)=C/COc1c[nH]c(-c2nc3ccccc3[nH]2)c1. The molecule has 2 heterocycles. The monoisotopic (exact) mass is 335 g/mol. The molecule has 0 bridgehead atoms. The van der Waals surface area contributed by atoms with Crippen LogP contribution >= 0.6 is 0 Å². The molecular weight excluding hydrogens is 310 g/mol. The van der Waals surface area contributed by atoms with Crippen molar-refractivity contribution < 1.29 is 4.74 Å². The van der Waals surface area contributed by atoms with Gasteiger partial charge in [-0.3, -0.25) is 0 Å². The smallest absolute Gasteiger partial charge is 0.155 e. The van der Waals surface area contributed by atoms with Crippen LogP contribution in [0.4, 0.5) is 0 Å². The summed E-state index contributed by atoms with van der Waals surface area (Å²) >= 11 is 0. The number of H-pyrrole nitrogens is 2. The number of nitrogens with zero attached hydrogens (tertiary/aromatic N) is 1. The van der Waals surface area contributed by atoms with Crippen molar-refractivity contribution >= 4 is 11.0 Å². The summed E-state index contributed by atoms with van der Waals surface area (Å²) in [5.41, 5.74) is 5.64. The van der Waals surface area contributed by atoms with Crippen LogP contribution in [0.25, 0.3) is 22.6 Å². The Kier molecular flexibility index (Phi) is 5.39. The average molecular weight is 335 g/mol. The summed E-state index contributed by atoms with van der Waals surface area (Å²) in [7, 11) is 0. The first-order valence-corrected chi connectivity index (χ1v) is 8.67. The zero-order valence-electron chi connectivity index (χ0n) is 15.1. The van der Waals surface area contributed by atoms with Crippen LogP contribution < -0.4 is 4.74 Å². The number of hydrogen-bond donors (Lipinski definition) is 2. The number of aromatic nitrogens is 3. The third kappa shape index (κ3) is 4.63. The van der Waals surface area contributed by atoms with Crippen molar-refractivity contribution in [3.8, 4) is 17.3 Å². The molecule has 0 aliphatic carbocycles. The molecule has 0 fully saturated rings. The molecule has 3 rings (SSSR count). The topological polar surface area (TPSA) is 53.7 Å². The molecule has 4 nitrogen and oxygen atoms in total. The zero-order chi connectivity index (χ0) is 17.6. The van der Waals surface area contributed by atoms with Gasteiger partial charge in [-0.2, -0.15) is 0 Å². The molecule has 130 valence electrons. The van der Waals surface area contributed by atoms with E-state index in [-0.39, 0.29) is 0 Å². The zero-order valence-corrected chi connectivity index (χ0v) is 15.1. The van der Waals surface area contributed by atoms with Crippen LogP contribution in [0.3, 0.4) is 0 Å². The largest absolute Gasteiger partial charge is 0.488 e. The maximum Gasteiger partial charge on any atom is 0.155 e. The van der Waals surface area contributed by atoms with Crippen molar-refractivity contribution in [1.82, 2.24) is 15.0 Å². The van der Waals surface area contributed by atoms with Gasteiger partial charge < -0.3 is 14.7 Å². The summed E-state index contributed by atoms with van der Waals surface area (Å²) in [5, 5.41) is 0. The first-order chi connectivity index (χ1) is 12.1. The maximum atomic E-state index is 5.82. The molecule has 3 aromatic rings. The van der Waals surface area contributed by atoms with E-state index in [1.807, 2.05) is 36.5 Å². The van der Waals surface area contributed by atoms with Gasteiger partial charge in [0.25, 0.3) is 0 Å². The van der Waals surface area contributed by atoms with Crippen LogP contribution in [-0.2, 0) is 0 Å². The minimum Gasteiger partial charge on any atom is -0.488 e. The molecule has 2 N–H and O–H groups in total. The summed E-state index contributed by atoms with van der Waals surface area (Å²) in [5.74, 6) is 1.65. The molecule has 0 radical (unpaired) electrons. The van der Waals surface area contributed by atoms with E-state index in [4.69, 9.17) is 4.74 Å². The molecule has 0 aliphatic rings. The molecule has 1 aromatic carbocycles. The molecule has 2 aromatic heterocycles. The van der Waals surface area contributed by atoms with Gasteiger partial charge in [-0.15, -0.1) is 0 Å². The summed E-state index contributed by atoms with van der Waals surface area (Å²) in [6.45, 7) is 7.00. The molecule has 0 atom stereocenters. The highest BCUT2D eigenvalue weighted by atomic mass is 16.5. The third-order valence-corrected chi connectivity index (χ3v) is 4.07. The van der Waals surface area contributed by atoms with Crippen molar-refractivity contribution in [2.45, 2.75) is 33.6 Å². The highest BCUT2D eigenvalue weighted by Crippen LogP contribution is 2.23. The van der Waals surface area contributed by atoms with E-state index in [0.717, 1.165) is 41.1 Å². The highest BCUT2D eigenvalue weighted by molar-refractivity contribution is 5.78. The fourth-order valence-corrected chi connectivity index (χ4v) is 2.65. The summed E-state index contributed by atoms with van der Waals surface area (Å²) in [6, 6.07) is 9.99. The van der Waals surface area contributed by atoms with Crippen molar-refractivity contribution in [1.29, 1.82) is 0 Å². The molecule has 0 aliphatic heterocycles. The first kappa shape index (κ1) is 17.1. The second-order valence-corrected chi connectivity index (χ2v) is 6.53. The van der Waals surface area contributed by atoms with E-state index in [1.165, 1.54) is 11.1 Å². The minimum atomic E-state index is 0.581. The standard InChI is InChI=1S/C21H25N3O/c1-15(2)7-6-8-16(3)11-12-25-17-13-20(22-14-17)21-23-18-9-4-5-10-19(18)24-21/h4-5,7,9-11,13-14,22H,6,8,12H2,1-3H3,(H,23,24)/b16-11+. The number of ether oxygens (including phenoxy) is 1. The number of nitrogens with one attached hydrogen (secondary N) is 2. The third-order valence-electron chi connectivity index (χ3n) is 4.07. The number of hydrogen-bond acceptors (Lipinski definition) is 2. The molecule has 0 saturated heterocycles. The van der Waals surface area contributed by atoms with Crippen LogP contribution in [0.15, 0.2) is 59.8 Å². The van der Waals surface area contributed by atoms with E-state index < -0.39 is 0 Å². The molecule has 0 spiro atoms. The minimum absolute atomic E-state index is 0.581. The number of fused-ring (bicyclic) bond motifs is 1. The Morgan fingerprint density at radius 1 is 1.16 bits per heavy atom. The number of aromatic amines is 2. The van der Waals surface area contributed by atoms with Crippen LogP contribution in [0, 0.1) is 0 Å².